The van der Waals surface area contributed by atoms with Gasteiger partial charge in [-0.3, -0.25) is 9.59 Å². The van der Waals surface area contributed by atoms with Crippen molar-refractivity contribution in [2.75, 3.05) is 5.32 Å². The molecule has 1 aromatic heterocycles. The first-order valence-corrected chi connectivity index (χ1v) is 9.06. The third kappa shape index (κ3) is 5.26. The number of aromatic nitrogens is 2. The Morgan fingerprint density at radius 1 is 1.07 bits per heavy atom. The number of hydrogen-bond acceptors (Lipinski definition) is 5. The molecule has 0 aliphatic carbocycles. The van der Waals surface area contributed by atoms with Gasteiger partial charge in [-0.05, 0) is 36.8 Å². The standard InChI is InChI=1S/C21H22N4O3/c1-14(17-9-6-10-18(13-17)23-15(2)26)22-19(27)11-12-20-24-25-21(28-20)16-7-4-3-5-8-16/h3-10,13-14H,11-12H2,1-2H3,(H,22,27)(H,23,26). The Kier molecular flexibility index (Phi) is 6.16. The van der Waals surface area contributed by atoms with Gasteiger partial charge in [-0.15, -0.1) is 10.2 Å². The molecule has 0 radical (unpaired) electrons. The van der Waals surface area contributed by atoms with E-state index >= 15 is 0 Å². The van der Waals surface area contributed by atoms with E-state index < -0.39 is 0 Å². The summed E-state index contributed by atoms with van der Waals surface area (Å²) in [6.07, 6.45) is 0.608. The Bertz CT molecular complexity index is 953. The summed E-state index contributed by atoms with van der Waals surface area (Å²) in [5.74, 6) is 0.619. The highest BCUT2D eigenvalue weighted by atomic mass is 16.4. The predicted molar refractivity (Wildman–Crippen MR) is 105 cm³/mol. The van der Waals surface area contributed by atoms with Gasteiger partial charge in [0.15, 0.2) is 0 Å². The molecule has 3 aromatic rings. The van der Waals surface area contributed by atoms with E-state index in [0.29, 0.717) is 23.9 Å². The first-order chi connectivity index (χ1) is 13.5. The zero-order chi connectivity index (χ0) is 19.9. The number of amides is 2. The molecule has 0 aliphatic heterocycles. The van der Waals surface area contributed by atoms with Gasteiger partial charge in [-0.25, -0.2) is 0 Å². The summed E-state index contributed by atoms with van der Waals surface area (Å²) < 4.78 is 5.62. The molecule has 0 spiro atoms. The largest absolute Gasteiger partial charge is 0.421 e. The highest BCUT2D eigenvalue weighted by molar-refractivity contribution is 5.88. The van der Waals surface area contributed by atoms with E-state index in [0.717, 1.165) is 11.1 Å². The molecule has 0 saturated carbocycles. The van der Waals surface area contributed by atoms with Crippen LogP contribution in [0.2, 0.25) is 0 Å². The number of nitrogens with one attached hydrogen (secondary N) is 2. The number of anilines is 1. The molecule has 3 rings (SSSR count). The lowest BCUT2D eigenvalue weighted by molar-refractivity contribution is -0.121. The monoisotopic (exact) mass is 378 g/mol. The number of aryl methyl sites for hydroxylation is 1. The van der Waals surface area contributed by atoms with Crippen LogP contribution in [0.4, 0.5) is 5.69 Å². The summed E-state index contributed by atoms with van der Waals surface area (Å²) in [5.41, 5.74) is 2.45. The first-order valence-electron chi connectivity index (χ1n) is 9.06. The Morgan fingerprint density at radius 3 is 2.61 bits per heavy atom. The number of nitrogens with zero attached hydrogens (tertiary/aromatic N) is 2. The third-order valence-electron chi connectivity index (χ3n) is 4.14. The molecular weight excluding hydrogens is 356 g/mol. The van der Waals surface area contributed by atoms with Crippen molar-refractivity contribution in [3.8, 4) is 11.5 Å². The van der Waals surface area contributed by atoms with Gasteiger partial charge in [0.1, 0.15) is 0 Å². The molecule has 1 atom stereocenters. The average Bonchev–Trinajstić information content (AvgIpc) is 3.16. The summed E-state index contributed by atoms with van der Waals surface area (Å²) in [6.45, 7) is 3.35. The van der Waals surface area contributed by atoms with E-state index in [2.05, 4.69) is 20.8 Å². The Morgan fingerprint density at radius 2 is 1.86 bits per heavy atom. The second-order valence-electron chi connectivity index (χ2n) is 6.46. The summed E-state index contributed by atoms with van der Waals surface area (Å²) in [7, 11) is 0. The lowest BCUT2D eigenvalue weighted by Crippen LogP contribution is -2.26. The lowest BCUT2D eigenvalue weighted by Gasteiger charge is -2.15. The maximum Gasteiger partial charge on any atom is 0.247 e. The van der Waals surface area contributed by atoms with E-state index in [1.54, 1.807) is 6.07 Å². The third-order valence-corrected chi connectivity index (χ3v) is 4.14. The SMILES string of the molecule is CC(=O)Nc1cccc(C(C)NC(=O)CCc2nnc(-c3ccccc3)o2)c1. The van der Waals surface area contributed by atoms with E-state index in [4.69, 9.17) is 4.42 Å². The van der Waals surface area contributed by atoms with Crippen LogP contribution in [-0.2, 0) is 16.0 Å². The number of hydrogen-bond donors (Lipinski definition) is 2. The van der Waals surface area contributed by atoms with Gasteiger partial charge in [-0.2, -0.15) is 0 Å². The molecule has 144 valence electrons. The van der Waals surface area contributed by atoms with Gasteiger partial charge in [0.25, 0.3) is 0 Å². The fraction of sp³-hybridized carbons (Fsp3) is 0.238. The van der Waals surface area contributed by atoms with Gasteiger partial charge < -0.3 is 15.1 Å². The van der Waals surface area contributed by atoms with Gasteiger partial charge in [0.05, 0.1) is 6.04 Å². The number of carbonyl (C=O) groups excluding carboxylic acids is 2. The first kappa shape index (κ1) is 19.3. The van der Waals surface area contributed by atoms with Crippen molar-refractivity contribution in [3.05, 3.63) is 66.1 Å². The highest BCUT2D eigenvalue weighted by Gasteiger charge is 2.13. The van der Waals surface area contributed by atoms with Gasteiger partial charge >= 0.3 is 0 Å². The molecule has 2 N–H and O–H groups in total. The molecule has 7 heteroatoms. The molecule has 0 bridgehead atoms. The van der Waals surface area contributed by atoms with Crippen molar-refractivity contribution < 1.29 is 14.0 Å². The second kappa shape index (κ2) is 8.94. The second-order valence-corrected chi connectivity index (χ2v) is 6.46. The Labute approximate surface area is 163 Å². The van der Waals surface area contributed by atoms with E-state index in [9.17, 15) is 9.59 Å². The molecule has 1 heterocycles. The summed E-state index contributed by atoms with van der Waals surface area (Å²) in [4.78, 5) is 23.5. The molecular formula is C21H22N4O3. The van der Waals surface area contributed by atoms with Crippen LogP contribution in [0.5, 0.6) is 0 Å². The fourth-order valence-corrected chi connectivity index (χ4v) is 2.76. The molecule has 28 heavy (non-hydrogen) atoms. The van der Waals surface area contributed by atoms with Crippen LogP contribution in [0.3, 0.4) is 0 Å². The lowest BCUT2D eigenvalue weighted by atomic mass is 10.1. The van der Waals surface area contributed by atoms with E-state index in [1.807, 2.05) is 55.5 Å². The van der Waals surface area contributed by atoms with Crippen molar-refractivity contribution in [3.63, 3.8) is 0 Å². The zero-order valence-corrected chi connectivity index (χ0v) is 15.8. The molecule has 2 aromatic carbocycles. The van der Waals surface area contributed by atoms with Crippen LogP contribution in [0.25, 0.3) is 11.5 Å². The molecule has 2 amide bonds. The molecule has 0 saturated heterocycles. The molecule has 0 aliphatic rings. The van der Waals surface area contributed by atoms with Gasteiger partial charge in [0, 0.05) is 31.0 Å². The van der Waals surface area contributed by atoms with E-state index in [-0.39, 0.29) is 24.3 Å². The zero-order valence-electron chi connectivity index (χ0n) is 15.8. The molecule has 1 unspecified atom stereocenters. The number of carbonyl (C=O) groups is 2. The normalized spacial score (nSPS) is 11.6. The quantitative estimate of drug-likeness (QED) is 0.656. The summed E-state index contributed by atoms with van der Waals surface area (Å²) >= 11 is 0. The smallest absolute Gasteiger partial charge is 0.247 e. The molecule has 7 nitrogen and oxygen atoms in total. The maximum atomic E-state index is 12.3. The Balaban J connectivity index is 1.53. The van der Waals surface area contributed by atoms with Gasteiger partial charge in [-0.1, -0.05) is 30.3 Å². The Hall–Kier alpha value is -3.48. The highest BCUT2D eigenvalue weighted by Crippen LogP contribution is 2.19. The van der Waals surface area contributed by atoms with Crippen LogP contribution in [0, 0.1) is 0 Å². The number of rotatable bonds is 7. The van der Waals surface area contributed by atoms with Crippen molar-refractivity contribution in [2.24, 2.45) is 0 Å². The van der Waals surface area contributed by atoms with Crippen molar-refractivity contribution in [2.45, 2.75) is 32.7 Å². The van der Waals surface area contributed by atoms with Crippen LogP contribution in [-0.4, -0.2) is 22.0 Å². The fourth-order valence-electron chi connectivity index (χ4n) is 2.76. The van der Waals surface area contributed by atoms with Gasteiger partial charge in [0.2, 0.25) is 23.6 Å². The van der Waals surface area contributed by atoms with Crippen molar-refractivity contribution in [1.29, 1.82) is 0 Å². The van der Waals surface area contributed by atoms with Crippen LogP contribution in [0.1, 0.15) is 37.8 Å². The van der Waals surface area contributed by atoms with Crippen molar-refractivity contribution >= 4 is 17.5 Å². The van der Waals surface area contributed by atoms with Crippen LogP contribution in [0.15, 0.2) is 59.0 Å². The van der Waals surface area contributed by atoms with E-state index in [1.165, 1.54) is 6.92 Å². The topological polar surface area (TPSA) is 97.1 Å². The minimum absolute atomic E-state index is 0.114. The predicted octanol–water partition coefficient (Wildman–Crippen LogP) is 3.51. The van der Waals surface area contributed by atoms with Crippen LogP contribution < -0.4 is 10.6 Å². The van der Waals surface area contributed by atoms with Crippen LogP contribution >= 0.6 is 0 Å². The molecule has 0 fully saturated rings. The minimum Gasteiger partial charge on any atom is -0.421 e. The summed E-state index contributed by atoms with van der Waals surface area (Å²) in [6, 6.07) is 16.7. The average molecular weight is 378 g/mol. The number of benzene rings is 2. The minimum atomic E-state index is -0.191. The van der Waals surface area contributed by atoms with Crippen molar-refractivity contribution in [1.82, 2.24) is 15.5 Å². The summed E-state index contributed by atoms with van der Waals surface area (Å²) in [5, 5.41) is 13.7. The maximum absolute atomic E-state index is 12.3.